The molecule has 0 radical (unpaired) electrons. The minimum absolute atomic E-state index is 0.295. The Morgan fingerprint density at radius 1 is 1.20 bits per heavy atom. The molecule has 4 nitrogen and oxygen atoms in total. The van der Waals surface area contributed by atoms with Gasteiger partial charge in [0, 0.05) is 24.3 Å². The van der Waals surface area contributed by atoms with Gasteiger partial charge in [0.15, 0.2) is 0 Å². The summed E-state index contributed by atoms with van der Waals surface area (Å²) in [6, 6.07) is 9.31. The van der Waals surface area contributed by atoms with Gasteiger partial charge in [0.2, 0.25) is 0 Å². The Labute approximate surface area is 119 Å². The maximum atomic E-state index is 9.25. The third-order valence-corrected chi connectivity index (χ3v) is 3.32. The zero-order chi connectivity index (χ0) is 14.5. The summed E-state index contributed by atoms with van der Waals surface area (Å²) in [4.78, 5) is 4.52. The highest BCUT2D eigenvalue weighted by molar-refractivity contribution is 5.49. The van der Waals surface area contributed by atoms with Gasteiger partial charge in [0.1, 0.15) is 11.6 Å². The highest BCUT2D eigenvalue weighted by Crippen LogP contribution is 2.18. The number of hydrogen-bond acceptors (Lipinski definition) is 4. The molecule has 1 heterocycles. The van der Waals surface area contributed by atoms with E-state index >= 15 is 0 Å². The van der Waals surface area contributed by atoms with E-state index < -0.39 is 0 Å². The van der Waals surface area contributed by atoms with E-state index in [-0.39, 0.29) is 0 Å². The second kappa shape index (κ2) is 6.39. The number of rotatable bonds is 5. The van der Waals surface area contributed by atoms with E-state index in [0.29, 0.717) is 12.3 Å². The van der Waals surface area contributed by atoms with Crippen molar-refractivity contribution in [1.82, 2.24) is 4.98 Å². The van der Waals surface area contributed by atoms with Crippen LogP contribution in [0.25, 0.3) is 0 Å². The van der Waals surface area contributed by atoms with Gasteiger partial charge in [0.25, 0.3) is 0 Å². The largest absolute Gasteiger partial charge is 0.508 e. The SMILES string of the molecule is Cc1cc(C)c(CN)c(NCCc2ccc(O)cc2)n1. The highest BCUT2D eigenvalue weighted by atomic mass is 16.3. The minimum Gasteiger partial charge on any atom is -0.508 e. The van der Waals surface area contributed by atoms with Crippen LogP contribution in [0.3, 0.4) is 0 Å². The average molecular weight is 271 g/mol. The fourth-order valence-corrected chi connectivity index (χ4v) is 2.26. The Morgan fingerprint density at radius 2 is 1.90 bits per heavy atom. The van der Waals surface area contributed by atoms with E-state index in [1.54, 1.807) is 12.1 Å². The summed E-state index contributed by atoms with van der Waals surface area (Å²) in [5.41, 5.74) is 10.2. The molecule has 0 aliphatic heterocycles. The zero-order valence-corrected chi connectivity index (χ0v) is 12.0. The number of aryl methyl sites for hydroxylation is 2. The molecule has 0 atom stereocenters. The second-order valence-corrected chi connectivity index (χ2v) is 4.96. The predicted molar refractivity (Wildman–Crippen MR) is 81.9 cm³/mol. The molecule has 1 aromatic carbocycles. The number of anilines is 1. The molecule has 2 aromatic rings. The summed E-state index contributed by atoms with van der Waals surface area (Å²) in [5, 5.41) is 12.6. The number of pyridine rings is 1. The van der Waals surface area contributed by atoms with Crippen molar-refractivity contribution in [3.63, 3.8) is 0 Å². The van der Waals surface area contributed by atoms with E-state index in [1.165, 1.54) is 11.1 Å². The standard InChI is InChI=1S/C16H21N3O/c1-11-9-12(2)19-16(15(11)10-17)18-8-7-13-3-5-14(20)6-4-13/h3-6,9,20H,7-8,10,17H2,1-2H3,(H,18,19). The first-order valence-corrected chi connectivity index (χ1v) is 6.79. The first-order valence-electron chi connectivity index (χ1n) is 6.79. The Bertz CT molecular complexity index is 579. The van der Waals surface area contributed by atoms with Crippen LogP contribution in [0.1, 0.15) is 22.4 Å². The maximum Gasteiger partial charge on any atom is 0.131 e. The van der Waals surface area contributed by atoms with Gasteiger partial charge in [-0.3, -0.25) is 0 Å². The number of aromatic hydroxyl groups is 1. The van der Waals surface area contributed by atoms with Gasteiger partial charge in [0.05, 0.1) is 0 Å². The van der Waals surface area contributed by atoms with Crippen LogP contribution >= 0.6 is 0 Å². The fourth-order valence-electron chi connectivity index (χ4n) is 2.26. The first-order chi connectivity index (χ1) is 9.60. The van der Waals surface area contributed by atoms with Crippen molar-refractivity contribution in [2.45, 2.75) is 26.8 Å². The molecule has 4 N–H and O–H groups in total. The molecule has 0 bridgehead atoms. The van der Waals surface area contributed by atoms with Gasteiger partial charge < -0.3 is 16.2 Å². The molecule has 0 saturated carbocycles. The van der Waals surface area contributed by atoms with Crippen molar-refractivity contribution in [3.8, 4) is 5.75 Å². The molecule has 1 aromatic heterocycles. The van der Waals surface area contributed by atoms with Crippen LogP contribution < -0.4 is 11.1 Å². The number of hydrogen-bond donors (Lipinski definition) is 3. The summed E-state index contributed by atoms with van der Waals surface area (Å²) >= 11 is 0. The highest BCUT2D eigenvalue weighted by Gasteiger charge is 2.06. The normalized spacial score (nSPS) is 10.6. The van der Waals surface area contributed by atoms with Gasteiger partial charge in [-0.05, 0) is 49.6 Å². The smallest absolute Gasteiger partial charge is 0.131 e. The van der Waals surface area contributed by atoms with E-state index in [1.807, 2.05) is 25.1 Å². The molecule has 20 heavy (non-hydrogen) atoms. The number of phenols is 1. The zero-order valence-electron chi connectivity index (χ0n) is 12.0. The molecule has 0 aliphatic rings. The number of phenolic OH excluding ortho intramolecular Hbond substituents is 1. The van der Waals surface area contributed by atoms with Crippen LogP contribution in [0.5, 0.6) is 5.75 Å². The third kappa shape index (κ3) is 3.48. The lowest BCUT2D eigenvalue weighted by molar-refractivity contribution is 0.475. The molecule has 0 fully saturated rings. The van der Waals surface area contributed by atoms with Crippen LogP contribution in [0.15, 0.2) is 30.3 Å². The molecule has 0 saturated heterocycles. The summed E-state index contributed by atoms with van der Waals surface area (Å²) in [6.07, 6.45) is 0.874. The van der Waals surface area contributed by atoms with Crippen molar-refractivity contribution in [3.05, 3.63) is 52.7 Å². The van der Waals surface area contributed by atoms with Crippen molar-refractivity contribution in [2.75, 3.05) is 11.9 Å². The van der Waals surface area contributed by atoms with E-state index in [9.17, 15) is 5.11 Å². The fraction of sp³-hybridized carbons (Fsp3) is 0.312. The van der Waals surface area contributed by atoms with Gasteiger partial charge in [-0.1, -0.05) is 12.1 Å². The molecule has 2 rings (SSSR count). The Balaban J connectivity index is 2.02. The molecule has 0 unspecified atom stereocenters. The van der Waals surface area contributed by atoms with Gasteiger partial charge >= 0.3 is 0 Å². The Morgan fingerprint density at radius 3 is 2.55 bits per heavy atom. The minimum atomic E-state index is 0.295. The lowest BCUT2D eigenvalue weighted by Crippen LogP contribution is -2.12. The van der Waals surface area contributed by atoms with Crippen LogP contribution in [0.4, 0.5) is 5.82 Å². The monoisotopic (exact) mass is 271 g/mol. The van der Waals surface area contributed by atoms with E-state index in [4.69, 9.17) is 5.73 Å². The van der Waals surface area contributed by atoms with E-state index in [0.717, 1.165) is 30.0 Å². The van der Waals surface area contributed by atoms with Gasteiger partial charge in [-0.2, -0.15) is 0 Å². The van der Waals surface area contributed by atoms with Crippen molar-refractivity contribution < 1.29 is 5.11 Å². The van der Waals surface area contributed by atoms with Crippen molar-refractivity contribution in [1.29, 1.82) is 0 Å². The predicted octanol–water partition coefficient (Wildman–Crippen LogP) is 2.52. The molecule has 0 amide bonds. The lowest BCUT2D eigenvalue weighted by atomic mass is 10.1. The molecule has 106 valence electrons. The number of nitrogens with two attached hydrogens (primary N) is 1. The number of nitrogens with one attached hydrogen (secondary N) is 1. The number of nitrogens with zero attached hydrogens (tertiary/aromatic N) is 1. The molecule has 0 aliphatic carbocycles. The Kier molecular flexibility index (Phi) is 4.58. The average Bonchev–Trinajstić information content (AvgIpc) is 2.40. The Hall–Kier alpha value is -2.07. The first kappa shape index (κ1) is 14.3. The van der Waals surface area contributed by atoms with Gasteiger partial charge in [-0.15, -0.1) is 0 Å². The molecular formula is C16H21N3O. The third-order valence-electron chi connectivity index (χ3n) is 3.32. The van der Waals surface area contributed by atoms with Crippen LogP contribution in [-0.4, -0.2) is 16.6 Å². The molecule has 4 heteroatoms. The quantitative estimate of drug-likeness (QED) is 0.781. The lowest BCUT2D eigenvalue weighted by Gasteiger charge is -2.13. The summed E-state index contributed by atoms with van der Waals surface area (Å²) in [7, 11) is 0. The molecular weight excluding hydrogens is 250 g/mol. The maximum absolute atomic E-state index is 9.25. The van der Waals surface area contributed by atoms with Crippen LogP contribution in [0.2, 0.25) is 0 Å². The number of aromatic nitrogens is 1. The van der Waals surface area contributed by atoms with Gasteiger partial charge in [-0.25, -0.2) is 4.98 Å². The van der Waals surface area contributed by atoms with E-state index in [2.05, 4.69) is 17.2 Å². The van der Waals surface area contributed by atoms with Crippen LogP contribution in [-0.2, 0) is 13.0 Å². The summed E-state index contributed by atoms with van der Waals surface area (Å²) in [6.45, 7) is 5.31. The topological polar surface area (TPSA) is 71.2 Å². The van der Waals surface area contributed by atoms with Crippen molar-refractivity contribution in [2.24, 2.45) is 5.73 Å². The summed E-state index contributed by atoms with van der Waals surface area (Å²) < 4.78 is 0. The van der Waals surface area contributed by atoms with Crippen molar-refractivity contribution >= 4 is 5.82 Å². The molecule has 0 spiro atoms. The second-order valence-electron chi connectivity index (χ2n) is 4.96. The number of benzene rings is 1. The summed E-state index contributed by atoms with van der Waals surface area (Å²) in [5.74, 6) is 1.17. The van der Waals surface area contributed by atoms with Crippen LogP contribution in [0, 0.1) is 13.8 Å².